The van der Waals surface area contributed by atoms with Gasteiger partial charge in [-0.3, -0.25) is 38.4 Å². The molecule has 0 fully saturated rings. The van der Waals surface area contributed by atoms with Crippen molar-refractivity contribution in [3.63, 3.8) is 0 Å². The van der Waals surface area contributed by atoms with Gasteiger partial charge in [0.05, 0.1) is 50.7 Å². The molecule has 0 spiro atoms. The van der Waals surface area contributed by atoms with Crippen LogP contribution in [0.4, 0.5) is 22.7 Å². The van der Waals surface area contributed by atoms with Gasteiger partial charge in [-0.25, -0.2) is 0 Å². The third kappa shape index (κ3) is 21.7. The van der Waals surface area contributed by atoms with Crippen LogP contribution in [0.15, 0.2) is 85.1 Å². The number of rotatable bonds is 38. The van der Waals surface area contributed by atoms with E-state index in [0.29, 0.717) is 82.5 Å². The molecule has 0 unspecified atom stereocenters. The summed E-state index contributed by atoms with van der Waals surface area (Å²) < 4.78 is 21.9. The van der Waals surface area contributed by atoms with E-state index >= 15 is 0 Å². The maximum Gasteiger partial charge on any atom is 0.322 e. The van der Waals surface area contributed by atoms with Crippen molar-refractivity contribution < 1.29 is 62.4 Å². The number of methoxy groups -OCH3 is 4. The Morgan fingerprint density at radius 3 is 1.00 bits per heavy atom. The molecule has 4 rings (SSSR count). The van der Waals surface area contributed by atoms with Gasteiger partial charge in [-0.2, -0.15) is 0 Å². The Kier molecular flexibility index (Phi) is 29.1. The lowest BCUT2D eigenvalue weighted by Gasteiger charge is -2.22. The number of carboxylic acid groups (broad SMARTS) is 1. The maximum absolute atomic E-state index is 14.3. The van der Waals surface area contributed by atoms with Crippen molar-refractivity contribution in [1.29, 1.82) is 0 Å². The summed E-state index contributed by atoms with van der Waals surface area (Å²) in [5.74, 6) is -5.49. The van der Waals surface area contributed by atoms with Crippen LogP contribution in [0.3, 0.4) is 0 Å². The van der Waals surface area contributed by atoms with Crippen LogP contribution in [0.2, 0.25) is 0 Å². The number of nitrogens with two attached hydrogens (primary N) is 5. The molecule has 26 heteroatoms. The SMILES string of the molecule is C=C(Nc1ccc(OC)c(C(=O)N[C@@H](CCCCN)C(=O)Nc2ccc(OC)c(C(=O)N[C@@H](CCCCN)C(=O)Nc3ccc(OC)c(C(=O)N[C@@H](CCCCN)C(=O)Nc4ccc(OC)c(C(=O)NCC(=O)O)c4)c3)c2)c1)[C@@H](N)CCCCN. The Morgan fingerprint density at radius 2 is 0.718 bits per heavy atom. The average molecular weight is 1180 g/mol. The minimum Gasteiger partial charge on any atom is -0.496 e. The van der Waals surface area contributed by atoms with Crippen molar-refractivity contribution in [2.75, 3.05) is 82.4 Å². The third-order valence-corrected chi connectivity index (χ3v) is 13.4. The second-order valence-electron chi connectivity index (χ2n) is 19.7. The Bertz CT molecular complexity index is 2940. The van der Waals surface area contributed by atoms with Gasteiger partial charge in [0.2, 0.25) is 17.7 Å². The molecule has 19 N–H and O–H groups in total. The van der Waals surface area contributed by atoms with E-state index in [9.17, 15) is 38.4 Å². The molecular formula is C59H83N13O13. The van der Waals surface area contributed by atoms with E-state index in [0.717, 1.165) is 12.8 Å². The van der Waals surface area contributed by atoms with Crippen LogP contribution in [0.5, 0.6) is 23.0 Å². The predicted octanol–water partition coefficient (Wildman–Crippen LogP) is 3.52. The predicted molar refractivity (Wildman–Crippen MR) is 324 cm³/mol. The number of hydrogen-bond donors (Lipinski definition) is 14. The molecule has 0 heterocycles. The molecule has 4 aromatic carbocycles. The smallest absolute Gasteiger partial charge is 0.322 e. The fourth-order valence-corrected chi connectivity index (χ4v) is 8.75. The molecule has 26 nitrogen and oxygen atoms in total. The van der Waals surface area contributed by atoms with Crippen molar-refractivity contribution in [2.24, 2.45) is 28.7 Å². The summed E-state index contributed by atoms with van der Waals surface area (Å²) in [7, 11) is 5.43. The summed E-state index contributed by atoms with van der Waals surface area (Å²) in [6.45, 7) is 4.93. The number of carbonyl (C=O) groups excluding carboxylic acids is 7. The topological polar surface area (TPSA) is 420 Å². The van der Waals surface area contributed by atoms with Gasteiger partial charge in [0.25, 0.3) is 23.6 Å². The molecular weight excluding hydrogens is 1100 g/mol. The van der Waals surface area contributed by atoms with E-state index in [1.807, 2.05) is 0 Å². The van der Waals surface area contributed by atoms with Crippen LogP contribution >= 0.6 is 0 Å². The molecule has 0 aliphatic rings. The first-order valence-electron chi connectivity index (χ1n) is 27.9. The summed E-state index contributed by atoms with van der Waals surface area (Å²) in [6, 6.07) is 13.9. The maximum atomic E-state index is 14.3. The number of aliphatic carboxylic acids is 1. The van der Waals surface area contributed by atoms with Gasteiger partial charge < -0.3 is 95.3 Å². The molecule has 462 valence electrons. The Labute approximate surface area is 494 Å². The summed E-state index contributed by atoms with van der Waals surface area (Å²) in [5, 5.41) is 31.1. The first-order valence-corrected chi connectivity index (χ1v) is 27.9. The second kappa shape index (κ2) is 36.0. The van der Waals surface area contributed by atoms with Crippen LogP contribution < -0.4 is 90.2 Å². The van der Waals surface area contributed by atoms with Crippen molar-refractivity contribution >= 4 is 70.1 Å². The molecule has 0 aliphatic carbocycles. The normalized spacial score (nSPS) is 12.2. The van der Waals surface area contributed by atoms with Crippen LogP contribution in [-0.4, -0.2) is 138 Å². The zero-order valence-electron chi connectivity index (χ0n) is 48.7. The van der Waals surface area contributed by atoms with Gasteiger partial charge in [-0.1, -0.05) is 13.0 Å². The largest absolute Gasteiger partial charge is 0.496 e. The molecule has 0 aromatic heterocycles. The van der Waals surface area contributed by atoms with E-state index in [1.165, 1.54) is 83.0 Å². The van der Waals surface area contributed by atoms with Gasteiger partial charge in [0.15, 0.2) is 0 Å². The van der Waals surface area contributed by atoms with Gasteiger partial charge in [0.1, 0.15) is 47.7 Å². The summed E-state index contributed by atoms with van der Waals surface area (Å²) in [4.78, 5) is 109. The zero-order chi connectivity index (χ0) is 62.4. The highest BCUT2D eigenvalue weighted by molar-refractivity contribution is 6.07. The lowest BCUT2D eigenvalue weighted by Crippen LogP contribution is -2.44. The van der Waals surface area contributed by atoms with Gasteiger partial charge >= 0.3 is 5.97 Å². The number of carbonyl (C=O) groups is 8. The standard InChI is InChI=1S/C59H83N13O13/c1-35(44(64)14-6-10-26-60)66-36-18-22-49(83-3)41(30-36)54(76)70-46(16-8-12-28-62)58(80)68-38-20-24-51(85-5)43(32-38)56(78)72-47(17-9-13-29-63)59(81)69-39-21-25-50(84-4)42(33-39)55(77)71-45(15-7-11-27-61)57(79)67-37-19-23-48(82-2)40(31-37)53(75)65-34-52(73)74/h18-25,30-33,44-47,66H,1,6-17,26-29,34,60-64H2,2-5H3,(H,65,75)(H,67,79)(H,68,80)(H,69,81)(H,70,76)(H,71,77)(H,72,78)(H,73,74)/t44-,45-,46-,47-/m0/s1. The van der Waals surface area contributed by atoms with Crippen molar-refractivity contribution in [3.05, 3.63) is 107 Å². The molecule has 0 radical (unpaired) electrons. The van der Waals surface area contributed by atoms with E-state index in [1.54, 1.807) is 18.2 Å². The molecule has 4 aromatic rings. The average Bonchev–Trinajstić information content (AvgIpc) is 3.70. The van der Waals surface area contributed by atoms with E-state index in [-0.39, 0.29) is 87.6 Å². The third-order valence-electron chi connectivity index (χ3n) is 13.4. The lowest BCUT2D eigenvalue weighted by molar-refractivity contribution is -0.135. The molecule has 0 saturated heterocycles. The van der Waals surface area contributed by atoms with Crippen LogP contribution in [0, 0.1) is 0 Å². The van der Waals surface area contributed by atoms with Crippen LogP contribution in [0.25, 0.3) is 0 Å². The van der Waals surface area contributed by atoms with Gasteiger partial charge in [-0.15, -0.1) is 0 Å². The molecule has 7 amide bonds. The number of carboxylic acids is 1. The van der Waals surface area contributed by atoms with E-state index in [4.69, 9.17) is 52.7 Å². The van der Waals surface area contributed by atoms with Gasteiger partial charge in [0, 0.05) is 34.5 Å². The fraction of sp³-hybridized carbons (Fsp3) is 0.424. The first kappa shape index (κ1) is 68.7. The van der Waals surface area contributed by atoms with Crippen molar-refractivity contribution in [2.45, 2.75) is 101 Å². The van der Waals surface area contributed by atoms with Crippen molar-refractivity contribution in [3.8, 4) is 23.0 Å². The monoisotopic (exact) mass is 1180 g/mol. The number of unbranched alkanes of at least 4 members (excludes halogenated alkanes) is 4. The zero-order valence-corrected chi connectivity index (χ0v) is 48.7. The van der Waals surface area contributed by atoms with E-state index in [2.05, 4.69) is 49.1 Å². The number of hydrogen-bond acceptors (Lipinski definition) is 18. The Hall–Kier alpha value is -8.82. The highest BCUT2D eigenvalue weighted by Gasteiger charge is 2.29. The summed E-state index contributed by atoms with van der Waals surface area (Å²) in [5.41, 5.74) is 30.8. The number of nitrogens with one attached hydrogen (secondary N) is 8. The van der Waals surface area contributed by atoms with Gasteiger partial charge in [-0.05, 0) is 170 Å². The molecule has 85 heavy (non-hydrogen) atoms. The minimum absolute atomic E-state index is 0.0440. The summed E-state index contributed by atoms with van der Waals surface area (Å²) >= 11 is 0. The molecule has 4 atom stereocenters. The lowest BCUT2D eigenvalue weighted by atomic mass is 10.0. The Balaban J connectivity index is 1.55. The van der Waals surface area contributed by atoms with Crippen LogP contribution in [0.1, 0.15) is 118 Å². The Morgan fingerprint density at radius 1 is 0.435 bits per heavy atom. The number of amides is 7. The highest BCUT2D eigenvalue weighted by Crippen LogP contribution is 2.29. The minimum atomic E-state index is -1.27. The second-order valence-corrected chi connectivity index (χ2v) is 19.7. The molecule has 0 saturated carbocycles. The van der Waals surface area contributed by atoms with Crippen LogP contribution in [-0.2, 0) is 19.2 Å². The number of anilines is 4. The first-order chi connectivity index (χ1) is 40.8. The summed E-state index contributed by atoms with van der Waals surface area (Å²) in [6.07, 6.45) is 5.71. The number of ether oxygens (including phenoxy) is 4. The van der Waals surface area contributed by atoms with Crippen molar-refractivity contribution in [1.82, 2.24) is 21.3 Å². The molecule has 0 aliphatic heterocycles. The molecule has 0 bridgehead atoms. The van der Waals surface area contributed by atoms with E-state index < -0.39 is 72.0 Å². The highest BCUT2D eigenvalue weighted by atomic mass is 16.5. The number of benzene rings is 4. The fourth-order valence-electron chi connectivity index (χ4n) is 8.75. The quantitative estimate of drug-likeness (QED) is 0.0285.